The first kappa shape index (κ1) is 22.6. The van der Waals surface area contributed by atoms with E-state index in [1.807, 2.05) is 10.6 Å². The van der Waals surface area contributed by atoms with E-state index in [1.165, 1.54) is 11.1 Å². The molecule has 8 nitrogen and oxygen atoms in total. The molecule has 9 heteroatoms. The number of amides is 1. The van der Waals surface area contributed by atoms with E-state index in [0.29, 0.717) is 22.3 Å². The van der Waals surface area contributed by atoms with Crippen molar-refractivity contribution in [3.63, 3.8) is 0 Å². The van der Waals surface area contributed by atoms with Crippen LogP contribution in [-0.4, -0.2) is 33.6 Å². The number of carbonyl (C=O) groups is 2. The van der Waals surface area contributed by atoms with Crippen LogP contribution in [0.5, 0.6) is 5.75 Å². The van der Waals surface area contributed by atoms with Gasteiger partial charge in [0.25, 0.3) is 5.91 Å². The monoisotopic (exact) mass is 503 g/mol. The molecule has 1 amide bonds. The third kappa shape index (κ3) is 3.71. The van der Waals surface area contributed by atoms with Gasteiger partial charge in [-0.2, -0.15) is 0 Å². The standard InChI is InChI=1S/C27H25N3O5S/c1-35-25-15(9-10-16-23(25)30(14-7-8-14)13-18(24(16)31)27(33)34)22-12-17-19(4-2-6-21(17)36-22)29-26(32)20-5-3-11-28-20/h3,5,9-14,19,28H,2,4,6-8H2,1H3,(H,29,32)(H,33,34). The van der Waals surface area contributed by atoms with E-state index in [9.17, 15) is 19.5 Å². The predicted octanol–water partition coefficient (Wildman–Crippen LogP) is 4.91. The normalized spacial score (nSPS) is 17.1. The number of aromatic nitrogens is 2. The molecule has 0 radical (unpaired) electrons. The van der Waals surface area contributed by atoms with Gasteiger partial charge in [0.15, 0.2) is 5.75 Å². The number of H-pyrrole nitrogens is 1. The number of fused-ring (bicyclic) bond motifs is 2. The van der Waals surface area contributed by atoms with Gasteiger partial charge < -0.3 is 24.7 Å². The van der Waals surface area contributed by atoms with E-state index < -0.39 is 11.4 Å². The van der Waals surface area contributed by atoms with E-state index in [0.717, 1.165) is 48.1 Å². The van der Waals surface area contributed by atoms with E-state index in [2.05, 4.69) is 16.4 Å². The lowest BCUT2D eigenvalue weighted by molar-refractivity contribution is 0.0694. The van der Waals surface area contributed by atoms with Crippen LogP contribution in [0, 0.1) is 0 Å². The highest BCUT2D eigenvalue weighted by molar-refractivity contribution is 7.15. The van der Waals surface area contributed by atoms with Crippen LogP contribution in [0.2, 0.25) is 0 Å². The van der Waals surface area contributed by atoms with Gasteiger partial charge in [-0.25, -0.2) is 4.79 Å². The Morgan fingerprint density at radius 2 is 2.06 bits per heavy atom. The summed E-state index contributed by atoms with van der Waals surface area (Å²) in [6, 6.07) is 9.31. The summed E-state index contributed by atoms with van der Waals surface area (Å²) in [5.41, 5.74) is 2.41. The Labute approximate surface area is 210 Å². The molecule has 1 saturated carbocycles. The smallest absolute Gasteiger partial charge is 0.341 e. The topological polar surface area (TPSA) is 113 Å². The number of ether oxygens (including phenoxy) is 1. The number of nitrogens with one attached hydrogen (secondary N) is 2. The average Bonchev–Trinajstić information content (AvgIpc) is 3.38. The van der Waals surface area contributed by atoms with Crippen molar-refractivity contribution < 1.29 is 19.4 Å². The molecule has 1 unspecified atom stereocenters. The molecule has 1 aromatic carbocycles. The van der Waals surface area contributed by atoms with E-state index in [4.69, 9.17) is 4.74 Å². The number of pyridine rings is 1. The highest BCUT2D eigenvalue weighted by Gasteiger charge is 2.30. The number of benzene rings is 1. The van der Waals surface area contributed by atoms with Crippen molar-refractivity contribution in [2.45, 2.75) is 44.2 Å². The second kappa shape index (κ2) is 8.67. The number of aromatic carboxylic acids is 1. The molecular weight excluding hydrogens is 478 g/mol. The summed E-state index contributed by atoms with van der Waals surface area (Å²) in [5.74, 6) is -0.784. The van der Waals surface area contributed by atoms with Gasteiger partial charge in [0.1, 0.15) is 11.3 Å². The van der Waals surface area contributed by atoms with Crippen LogP contribution in [0.1, 0.15) is 69.1 Å². The molecule has 0 saturated heterocycles. The van der Waals surface area contributed by atoms with E-state index in [-0.39, 0.29) is 23.6 Å². The number of hydrogen-bond acceptors (Lipinski definition) is 5. The Morgan fingerprint density at radius 1 is 1.22 bits per heavy atom. The fourth-order valence-electron chi connectivity index (χ4n) is 5.16. The molecule has 0 bridgehead atoms. The quantitative estimate of drug-likeness (QED) is 0.346. The van der Waals surface area contributed by atoms with Gasteiger partial charge in [-0.15, -0.1) is 11.3 Å². The van der Waals surface area contributed by atoms with Crippen molar-refractivity contribution in [1.29, 1.82) is 0 Å². The molecule has 184 valence electrons. The molecule has 1 atom stereocenters. The number of thiophene rings is 1. The maximum atomic E-state index is 13.0. The molecule has 6 rings (SSSR count). The molecule has 2 aliphatic carbocycles. The van der Waals surface area contributed by atoms with Crippen LogP contribution in [0.4, 0.5) is 0 Å². The lowest BCUT2D eigenvalue weighted by Crippen LogP contribution is -2.30. The zero-order chi connectivity index (χ0) is 25.0. The lowest BCUT2D eigenvalue weighted by atomic mass is 9.93. The molecule has 3 heterocycles. The van der Waals surface area contributed by atoms with Gasteiger partial charge in [-0.3, -0.25) is 9.59 Å². The first-order valence-electron chi connectivity index (χ1n) is 12.0. The van der Waals surface area contributed by atoms with E-state index >= 15 is 0 Å². The van der Waals surface area contributed by atoms with Gasteiger partial charge in [0.05, 0.1) is 24.1 Å². The highest BCUT2D eigenvalue weighted by Crippen LogP contribution is 2.46. The van der Waals surface area contributed by atoms with Crippen molar-refractivity contribution in [3.8, 4) is 16.2 Å². The van der Waals surface area contributed by atoms with Crippen molar-refractivity contribution in [2.24, 2.45) is 0 Å². The van der Waals surface area contributed by atoms with Crippen molar-refractivity contribution >= 4 is 34.1 Å². The molecule has 3 aromatic heterocycles. The Bertz CT molecular complexity index is 1560. The van der Waals surface area contributed by atoms with Crippen molar-refractivity contribution in [3.05, 3.63) is 74.6 Å². The molecule has 3 N–H and O–H groups in total. The summed E-state index contributed by atoms with van der Waals surface area (Å²) >= 11 is 1.68. The van der Waals surface area contributed by atoms with Crippen LogP contribution in [0.3, 0.4) is 0 Å². The van der Waals surface area contributed by atoms with Crippen LogP contribution in [0.25, 0.3) is 21.3 Å². The summed E-state index contributed by atoms with van der Waals surface area (Å²) in [5, 5.41) is 13.1. The number of aryl methyl sites for hydroxylation is 1. The van der Waals surface area contributed by atoms with Gasteiger partial charge in [0.2, 0.25) is 5.43 Å². The van der Waals surface area contributed by atoms with Crippen molar-refractivity contribution in [2.75, 3.05) is 7.11 Å². The van der Waals surface area contributed by atoms with E-state index in [1.54, 1.807) is 42.8 Å². The molecular formula is C27H25N3O5S. The fraction of sp³-hybridized carbons (Fsp3) is 0.296. The zero-order valence-corrected chi connectivity index (χ0v) is 20.5. The summed E-state index contributed by atoms with van der Waals surface area (Å²) in [6.07, 6.45) is 7.85. The van der Waals surface area contributed by atoms with Crippen LogP contribution >= 0.6 is 11.3 Å². The maximum absolute atomic E-state index is 13.0. The van der Waals surface area contributed by atoms with Crippen molar-refractivity contribution in [1.82, 2.24) is 14.9 Å². The highest BCUT2D eigenvalue weighted by atomic mass is 32.1. The Kier molecular flexibility index (Phi) is 5.44. The third-order valence-corrected chi connectivity index (χ3v) is 8.29. The number of carbonyl (C=O) groups excluding carboxylic acids is 1. The third-order valence-electron chi connectivity index (χ3n) is 7.05. The number of nitrogens with zero attached hydrogens (tertiary/aromatic N) is 1. The molecule has 2 aliphatic rings. The largest absolute Gasteiger partial charge is 0.494 e. The average molecular weight is 504 g/mol. The summed E-state index contributed by atoms with van der Waals surface area (Å²) in [6.45, 7) is 0. The Hall–Kier alpha value is -3.85. The SMILES string of the molecule is COc1c(-c2cc3c(s2)CCCC3NC(=O)c2ccc[nH]2)ccc2c(=O)c(C(=O)O)cn(C3CC3)c12. The zero-order valence-electron chi connectivity index (χ0n) is 19.7. The summed E-state index contributed by atoms with van der Waals surface area (Å²) < 4.78 is 7.78. The molecule has 36 heavy (non-hydrogen) atoms. The van der Waals surface area contributed by atoms with Crippen LogP contribution in [0.15, 0.2) is 47.5 Å². The number of carboxylic acid groups (broad SMARTS) is 1. The second-order valence-corrected chi connectivity index (χ2v) is 10.5. The minimum Gasteiger partial charge on any atom is -0.494 e. The molecule has 0 spiro atoms. The number of rotatable bonds is 6. The van der Waals surface area contributed by atoms with Crippen LogP contribution in [-0.2, 0) is 6.42 Å². The Balaban J connectivity index is 1.46. The number of hydrogen-bond donors (Lipinski definition) is 3. The molecule has 0 aliphatic heterocycles. The minimum atomic E-state index is -1.22. The van der Waals surface area contributed by atoms with Gasteiger partial charge in [-0.05, 0) is 68.0 Å². The first-order chi connectivity index (χ1) is 17.5. The summed E-state index contributed by atoms with van der Waals surface area (Å²) in [4.78, 5) is 42.6. The fourth-order valence-corrected chi connectivity index (χ4v) is 6.44. The minimum absolute atomic E-state index is 0.0798. The van der Waals surface area contributed by atoms with Gasteiger partial charge >= 0.3 is 5.97 Å². The van der Waals surface area contributed by atoms with Gasteiger partial charge in [-0.1, -0.05) is 0 Å². The first-order valence-corrected chi connectivity index (χ1v) is 12.8. The molecule has 1 fully saturated rings. The van der Waals surface area contributed by atoms with Crippen LogP contribution < -0.4 is 15.5 Å². The second-order valence-electron chi connectivity index (χ2n) is 9.35. The number of carboxylic acids is 1. The lowest BCUT2D eigenvalue weighted by Gasteiger charge is -2.23. The van der Waals surface area contributed by atoms with Gasteiger partial charge in [0, 0.05) is 33.8 Å². The Morgan fingerprint density at radius 3 is 2.75 bits per heavy atom. The molecule has 4 aromatic rings. The predicted molar refractivity (Wildman–Crippen MR) is 137 cm³/mol. The number of methoxy groups -OCH3 is 1. The summed E-state index contributed by atoms with van der Waals surface area (Å²) in [7, 11) is 1.58. The number of aromatic amines is 1. The maximum Gasteiger partial charge on any atom is 0.341 e.